The number of ketones is 3. The highest BCUT2D eigenvalue weighted by atomic mass is 16.2. The van der Waals surface area contributed by atoms with Gasteiger partial charge in [0.05, 0.1) is 0 Å². The van der Waals surface area contributed by atoms with Gasteiger partial charge in [-0.1, -0.05) is 39.8 Å². The molecule has 3 heteroatoms. The largest absolute Gasteiger partial charge is 0.297 e. The van der Waals surface area contributed by atoms with Gasteiger partial charge in [0.1, 0.15) is 0 Å². The molecular formula is C13H18O3. The summed E-state index contributed by atoms with van der Waals surface area (Å²) in [5, 5.41) is 0. The lowest BCUT2D eigenvalue weighted by Gasteiger charge is -2.26. The Labute approximate surface area is 95.9 Å². The second-order valence-corrected chi connectivity index (χ2v) is 4.88. The van der Waals surface area contributed by atoms with Gasteiger partial charge in [0.2, 0.25) is 0 Å². The van der Waals surface area contributed by atoms with Crippen molar-refractivity contribution in [2.45, 2.75) is 34.1 Å². The van der Waals surface area contributed by atoms with Gasteiger partial charge in [-0.3, -0.25) is 14.4 Å². The SMILES string of the molecule is CC(C)C(=O)C1(C(=O)C(C)C)C=CCC1=O. The van der Waals surface area contributed by atoms with E-state index in [-0.39, 0.29) is 35.6 Å². The van der Waals surface area contributed by atoms with Crippen molar-refractivity contribution < 1.29 is 14.4 Å². The second kappa shape index (κ2) is 4.32. The number of carbonyl (C=O) groups is 3. The molecule has 0 aliphatic heterocycles. The molecular weight excluding hydrogens is 204 g/mol. The van der Waals surface area contributed by atoms with E-state index in [4.69, 9.17) is 0 Å². The summed E-state index contributed by atoms with van der Waals surface area (Å²) in [5.74, 6) is -1.44. The quantitative estimate of drug-likeness (QED) is 0.539. The van der Waals surface area contributed by atoms with Crippen molar-refractivity contribution in [2.24, 2.45) is 17.3 Å². The average molecular weight is 222 g/mol. The van der Waals surface area contributed by atoms with Crippen molar-refractivity contribution >= 4 is 17.3 Å². The summed E-state index contributed by atoms with van der Waals surface area (Å²) in [4.78, 5) is 36.1. The van der Waals surface area contributed by atoms with Crippen LogP contribution in [0.5, 0.6) is 0 Å². The number of allylic oxidation sites excluding steroid dienone is 2. The lowest BCUT2D eigenvalue weighted by Crippen LogP contribution is -2.46. The molecule has 1 rings (SSSR count). The van der Waals surface area contributed by atoms with E-state index in [1.807, 2.05) is 0 Å². The predicted molar refractivity (Wildman–Crippen MR) is 60.9 cm³/mol. The summed E-state index contributed by atoms with van der Waals surface area (Å²) < 4.78 is 0. The van der Waals surface area contributed by atoms with Crippen LogP contribution in [-0.2, 0) is 14.4 Å². The Morgan fingerprint density at radius 3 is 1.81 bits per heavy atom. The minimum absolute atomic E-state index is 0.191. The molecule has 88 valence electrons. The molecule has 0 aromatic heterocycles. The van der Waals surface area contributed by atoms with Gasteiger partial charge < -0.3 is 0 Å². The number of rotatable bonds is 4. The first-order valence-corrected chi connectivity index (χ1v) is 5.63. The summed E-state index contributed by atoms with van der Waals surface area (Å²) in [5.41, 5.74) is -1.48. The smallest absolute Gasteiger partial charge is 0.164 e. The summed E-state index contributed by atoms with van der Waals surface area (Å²) >= 11 is 0. The fourth-order valence-electron chi connectivity index (χ4n) is 2.07. The van der Waals surface area contributed by atoms with Crippen LogP contribution in [0.3, 0.4) is 0 Å². The predicted octanol–water partition coefficient (Wildman–Crippen LogP) is 1.95. The molecule has 0 aromatic rings. The van der Waals surface area contributed by atoms with Crippen LogP contribution in [0.2, 0.25) is 0 Å². The van der Waals surface area contributed by atoms with Gasteiger partial charge in [0.15, 0.2) is 22.8 Å². The molecule has 0 radical (unpaired) electrons. The fourth-order valence-corrected chi connectivity index (χ4v) is 2.07. The van der Waals surface area contributed by atoms with Crippen molar-refractivity contribution in [2.75, 3.05) is 0 Å². The maximum absolute atomic E-state index is 12.1. The molecule has 0 amide bonds. The first-order chi connectivity index (χ1) is 7.34. The Kier molecular flexibility index (Phi) is 3.46. The van der Waals surface area contributed by atoms with Gasteiger partial charge in [-0.05, 0) is 0 Å². The molecule has 0 bridgehead atoms. The monoisotopic (exact) mass is 222 g/mol. The Bertz CT molecular complexity index is 341. The molecule has 0 atom stereocenters. The molecule has 0 heterocycles. The van der Waals surface area contributed by atoms with E-state index in [0.717, 1.165) is 0 Å². The van der Waals surface area contributed by atoms with Crippen LogP contribution in [0.25, 0.3) is 0 Å². The third kappa shape index (κ3) is 1.75. The molecule has 1 aliphatic carbocycles. The number of hydrogen-bond acceptors (Lipinski definition) is 3. The molecule has 0 N–H and O–H groups in total. The molecule has 0 saturated carbocycles. The Hall–Kier alpha value is -1.25. The highest BCUT2D eigenvalue weighted by Gasteiger charge is 2.52. The Morgan fingerprint density at radius 2 is 1.56 bits per heavy atom. The highest BCUT2D eigenvalue weighted by Crippen LogP contribution is 2.35. The summed E-state index contributed by atoms with van der Waals surface area (Å²) in [6.45, 7) is 6.88. The van der Waals surface area contributed by atoms with Gasteiger partial charge in [-0.2, -0.15) is 0 Å². The molecule has 0 fully saturated rings. The minimum Gasteiger partial charge on any atom is -0.297 e. The lowest BCUT2D eigenvalue weighted by molar-refractivity contribution is -0.147. The zero-order chi connectivity index (χ0) is 12.5. The maximum Gasteiger partial charge on any atom is 0.164 e. The van der Waals surface area contributed by atoms with Crippen molar-refractivity contribution in [3.8, 4) is 0 Å². The van der Waals surface area contributed by atoms with Crippen LogP contribution in [0.15, 0.2) is 12.2 Å². The maximum atomic E-state index is 12.1. The molecule has 1 aliphatic rings. The van der Waals surface area contributed by atoms with E-state index >= 15 is 0 Å². The van der Waals surface area contributed by atoms with Crippen LogP contribution >= 0.6 is 0 Å². The van der Waals surface area contributed by atoms with E-state index in [1.165, 1.54) is 6.08 Å². The average Bonchev–Trinajstić information content (AvgIpc) is 2.58. The van der Waals surface area contributed by atoms with Gasteiger partial charge in [-0.15, -0.1) is 0 Å². The second-order valence-electron chi connectivity index (χ2n) is 4.88. The van der Waals surface area contributed by atoms with Crippen LogP contribution in [0, 0.1) is 17.3 Å². The van der Waals surface area contributed by atoms with E-state index in [0.29, 0.717) is 0 Å². The van der Waals surface area contributed by atoms with Crippen LogP contribution < -0.4 is 0 Å². The molecule has 3 nitrogen and oxygen atoms in total. The Morgan fingerprint density at radius 1 is 1.12 bits per heavy atom. The van der Waals surface area contributed by atoms with Gasteiger partial charge in [0, 0.05) is 18.3 Å². The summed E-state index contributed by atoms with van der Waals surface area (Å²) in [7, 11) is 0. The molecule has 0 saturated heterocycles. The summed E-state index contributed by atoms with van der Waals surface area (Å²) in [6, 6.07) is 0. The highest BCUT2D eigenvalue weighted by molar-refractivity contribution is 6.28. The van der Waals surface area contributed by atoms with E-state index in [9.17, 15) is 14.4 Å². The van der Waals surface area contributed by atoms with Crippen molar-refractivity contribution in [1.29, 1.82) is 0 Å². The first-order valence-electron chi connectivity index (χ1n) is 5.63. The van der Waals surface area contributed by atoms with Crippen LogP contribution in [0.1, 0.15) is 34.1 Å². The number of hydrogen-bond donors (Lipinski definition) is 0. The minimum atomic E-state index is -1.48. The summed E-state index contributed by atoms with van der Waals surface area (Å²) in [6.07, 6.45) is 3.32. The lowest BCUT2D eigenvalue weighted by atomic mass is 9.71. The third-order valence-corrected chi connectivity index (χ3v) is 2.94. The third-order valence-electron chi connectivity index (χ3n) is 2.94. The van der Waals surface area contributed by atoms with E-state index in [1.54, 1.807) is 33.8 Å². The topological polar surface area (TPSA) is 51.2 Å². The number of carbonyl (C=O) groups excluding carboxylic acids is 3. The normalized spacial score (nSPS) is 18.5. The standard InChI is InChI=1S/C13H18O3/c1-8(2)11(15)13(12(16)9(3)4)7-5-6-10(13)14/h5,7-9H,6H2,1-4H3. The van der Waals surface area contributed by atoms with Crippen LogP contribution in [0.4, 0.5) is 0 Å². The van der Waals surface area contributed by atoms with Gasteiger partial charge in [0.25, 0.3) is 0 Å². The van der Waals surface area contributed by atoms with Gasteiger partial charge >= 0.3 is 0 Å². The zero-order valence-electron chi connectivity index (χ0n) is 10.2. The van der Waals surface area contributed by atoms with Crippen molar-refractivity contribution in [1.82, 2.24) is 0 Å². The molecule has 16 heavy (non-hydrogen) atoms. The van der Waals surface area contributed by atoms with Crippen molar-refractivity contribution in [3.05, 3.63) is 12.2 Å². The van der Waals surface area contributed by atoms with Crippen LogP contribution in [-0.4, -0.2) is 17.3 Å². The van der Waals surface area contributed by atoms with E-state index < -0.39 is 5.41 Å². The van der Waals surface area contributed by atoms with Crippen molar-refractivity contribution in [3.63, 3.8) is 0 Å². The molecule has 0 unspecified atom stereocenters. The zero-order valence-corrected chi connectivity index (χ0v) is 10.2. The fraction of sp³-hybridized carbons (Fsp3) is 0.615. The van der Waals surface area contributed by atoms with Gasteiger partial charge in [-0.25, -0.2) is 0 Å². The number of Topliss-reactive ketones (excluding diaryl/α,β-unsaturated/α-hetero) is 3. The Balaban J connectivity index is 3.24. The van der Waals surface area contributed by atoms with E-state index in [2.05, 4.69) is 0 Å². The molecule has 0 spiro atoms. The molecule has 0 aromatic carbocycles. The first kappa shape index (κ1) is 12.8.